The lowest BCUT2D eigenvalue weighted by Gasteiger charge is -2.24. The number of anilines is 1. The van der Waals surface area contributed by atoms with Gasteiger partial charge in [0.2, 0.25) is 0 Å². The fourth-order valence-corrected chi connectivity index (χ4v) is 4.27. The highest BCUT2D eigenvalue weighted by Crippen LogP contribution is 2.25. The molecule has 0 saturated carbocycles. The van der Waals surface area contributed by atoms with Crippen LogP contribution in [-0.2, 0) is 15.7 Å². The van der Waals surface area contributed by atoms with Crippen molar-refractivity contribution in [2.45, 2.75) is 18.3 Å². The second kappa shape index (κ2) is 5.23. The molecule has 1 fully saturated rings. The number of aromatic nitrogens is 1. The Bertz CT molecular complexity index is 548. The second-order valence-electron chi connectivity index (χ2n) is 4.44. The molecule has 0 bridgehead atoms. The molecule has 2 rings (SSSR count). The molecule has 2 heterocycles. The Kier molecular flexibility index (Phi) is 4.04. The first-order valence-electron chi connectivity index (χ1n) is 5.56. The molecule has 0 aliphatic carbocycles. The van der Waals surface area contributed by atoms with Gasteiger partial charge in [0.15, 0.2) is 9.84 Å². The minimum atomic E-state index is -2.89. The smallest absolute Gasteiger partial charge is 0.152 e. The molecule has 4 nitrogen and oxygen atoms in total. The molecule has 18 heavy (non-hydrogen) atoms. The van der Waals surface area contributed by atoms with Crippen molar-refractivity contribution in [2.24, 2.45) is 0 Å². The number of hydrogen-bond donors (Lipinski definition) is 0. The molecule has 1 unspecified atom stereocenters. The van der Waals surface area contributed by atoms with Crippen molar-refractivity contribution in [2.75, 3.05) is 23.5 Å². The van der Waals surface area contributed by atoms with Crippen molar-refractivity contribution in [1.29, 1.82) is 0 Å². The fourth-order valence-electron chi connectivity index (χ4n) is 2.03. The van der Waals surface area contributed by atoms with E-state index in [-0.39, 0.29) is 17.5 Å². The number of sulfone groups is 1. The summed E-state index contributed by atoms with van der Waals surface area (Å²) in [6, 6.07) is 1.78. The first-order chi connectivity index (χ1) is 8.43. The van der Waals surface area contributed by atoms with Gasteiger partial charge in [-0.15, -0.1) is 11.6 Å². The van der Waals surface area contributed by atoms with E-state index in [2.05, 4.69) is 4.98 Å². The van der Waals surface area contributed by atoms with Crippen LogP contribution in [0, 0.1) is 0 Å². The Balaban J connectivity index is 2.21. The zero-order valence-electron chi connectivity index (χ0n) is 9.94. The number of nitrogens with zero attached hydrogens (tertiary/aromatic N) is 2. The van der Waals surface area contributed by atoms with Gasteiger partial charge < -0.3 is 4.90 Å². The van der Waals surface area contributed by atoms with Gasteiger partial charge in [-0.05, 0) is 18.1 Å². The van der Waals surface area contributed by atoms with Gasteiger partial charge in [0.1, 0.15) is 5.82 Å². The third kappa shape index (κ3) is 2.90. The van der Waals surface area contributed by atoms with Crippen LogP contribution in [0.25, 0.3) is 0 Å². The molecule has 1 atom stereocenters. The molecule has 0 amide bonds. The van der Waals surface area contributed by atoms with Crippen LogP contribution in [0.3, 0.4) is 0 Å². The topological polar surface area (TPSA) is 50.3 Å². The molecule has 1 saturated heterocycles. The lowest BCUT2D eigenvalue weighted by molar-refractivity contribution is 0.600. The zero-order chi connectivity index (χ0) is 13.3. The molecule has 0 aromatic carbocycles. The highest BCUT2D eigenvalue weighted by molar-refractivity contribution is 7.91. The van der Waals surface area contributed by atoms with E-state index in [0.717, 1.165) is 5.56 Å². The van der Waals surface area contributed by atoms with Gasteiger partial charge >= 0.3 is 0 Å². The van der Waals surface area contributed by atoms with Crippen LogP contribution in [0.15, 0.2) is 12.3 Å². The predicted molar refractivity (Wildman–Crippen MR) is 74.3 cm³/mol. The van der Waals surface area contributed by atoms with Gasteiger partial charge in [-0.1, -0.05) is 11.6 Å². The molecule has 1 aliphatic heterocycles. The summed E-state index contributed by atoms with van der Waals surface area (Å²) >= 11 is 11.7. The van der Waals surface area contributed by atoms with Crippen LogP contribution >= 0.6 is 23.2 Å². The highest BCUT2D eigenvalue weighted by Gasteiger charge is 2.31. The van der Waals surface area contributed by atoms with Crippen molar-refractivity contribution >= 4 is 38.9 Å². The summed E-state index contributed by atoms with van der Waals surface area (Å²) in [5.74, 6) is 1.45. The van der Waals surface area contributed by atoms with Crippen molar-refractivity contribution in [3.63, 3.8) is 0 Å². The normalized spacial score (nSPS) is 22.1. The second-order valence-corrected chi connectivity index (χ2v) is 7.34. The van der Waals surface area contributed by atoms with E-state index in [1.165, 1.54) is 0 Å². The summed E-state index contributed by atoms with van der Waals surface area (Å²) in [6.07, 6.45) is 2.19. The lowest BCUT2D eigenvalue weighted by atomic mass is 10.2. The van der Waals surface area contributed by atoms with Crippen molar-refractivity contribution in [3.05, 3.63) is 22.8 Å². The van der Waals surface area contributed by atoms with Crippen LogP contribution in [0.5, 0.6) is 0 Å². The van der Waals surface area contributed by atoms with E-state index in [4.69, 9.17) is 23.2 Å². The molecular weight excluding hydrogens is 295 g/mol. The summed E-state index contributed by atoms with van der Waals surface area (Å²) in [5, 5.41) is 0.529. The summed E-state index contributed by atoms with van der Waals surface area (Å²) in [4.78, 5) is 6.11. The molecule has 1 aromatic heterocycles. The SMILES string of the molecule is CN(c1cc(CCl)c(Cl)cn1)C1CCS(=O)(=O)C1. The van der Waals surface area contributed by atoms with Gasteiger partial charge in [-0.3, -0.25) is 0 Å². The zero-order valence-corrected chi connectivity index (χ0v) is 12.3. The number of pyridine rings is 1. The average Bonchev–Trinajstić information content (AvgIpc) is 2.69. The third-order valence-corrected chi connectivity index (χ3v) is 5.56. The average molecular weight is 309 g/mol. The van der Waals surface area contributed by atoms with E-state index < -0.39 is 9.84 Å². The molecule has 1 aliphatic rings. The number of alkyl halides is 1. The van der Waals surface area contributed by atoms with Crippen LogP contribution < -0.4 is 4.90 Å². The summed E-state index contributed by atoms with van der Waals surface area (Å²) < 4.78 is 22.9. The van der Waals surface area contributed by atoms with Crippen LogP contribution in [0.1, 0.15) is 12.0 Å². The van der Waals surface area contributed by atoms with Gasteiger partial charge in [-0.2, -0.15) is 0 Å². The third-order valence-electron chi connectivity index (χ3n) is 3.18. The minimum absolute atomic E-state index is 0.0214. The maximum Gasteiger partial charge on any atom is 0.152 e. The summed E-state index contributed by atoms with van der Waals surface area (Å²) in [6.45, 7) is 0. The van der Waals surface area contributed by atoms with E-state index in [0.29, 0.717) is 23.1 Å². The standard InChI is InChI=1S/C11H14Cl2N2O2S/c1-15(9-2-3-18(16,17)7-9)11-4-8(5-12)10(13)6-14-11/h4,6,9H,2-3,5,7H2,1H3. The van der Waals surface area contributed by atoms with Crippen molar-refractivity contribution in [1.82, 2.24) is 4.98 Å². The molecule has 1 aromatic rings. The highest BCUT2D eigenvalue weighted by atomic mass is 35.5. The van der Waals surface area contributed by atoms with E-state index >= 15 is 0 Å². The van der Waals surface area contributed by atoms with Crippen LogP contribution in [0.4, 0.5) is 5.82 Å². The van der Waals surface area contributed by atoms with Gasteiger partial charge in [-0.25, -0.2) is 13.4 Å². The number of halogens is 2. The monoisotopic (exact) mass is 308 g/mol. The lowest BCUT2D eigenvalue weighted by Crippen LogP contribution is -2.33. The molecule has 0 spiro atoms. The Morgan fingerprint density at radius 1 is 1.56 bits per heavy atom. The first kappa shape index (κ1) is 13.9. The molecule has 100 valence electrons. The van der Waals surface area contributed by atoms with Crippen LogP contribution in [-0.4, -0.2) is 38.0 Å². The maximum absolute atomic E-state index is 11.5. The van der Waals surface area contributed by atoms with Gasteiger partial charge in [0.05, 0.1) is 16.5 Å². The number of rotatable bonds is 3. The Hall–Kier alpha value is -0.520. The van der Waals surface area contributed by atoms with E-state index in [1.54, 1.807) is 12.3 Å². The fraction of sp³-hybridized carbons (Fsp3) is 0.545. The first-order valence-corrected chi connectivity index (χ1v) is 8.30. The predicted octanol–water partition coefficient (Wildman–Crippen LogP) is 2.10. The van der Waals surface area contributed by atoms with E-state index in [9.17, 15) is 8.42 Å². The largest absolute Gasteiger partial charge is 0.356 e. The maximum atomic E-state index is 11.5. The van der Waals surface area contributed by atoms with Crippen LogP contribution in [0.2, 0.25) is 5.02 Å². The molecular formula is C11H14Cl2N2O2S. The van der Waals surface area contributed by atoms with E-state index in [1.807, 2.05) is 11.9 Å². The summed E-state index contributed by atoms with van der Waals surface area (Å²) in [7, 11) is -1.05. The van der Waals surface area contributed by atoms with Crippen molar-refractivity contribution < 1.29 is 8.42 Å². The quantitative estimate of drug-likeness (QED) is 0.802. The summed E-state index contributed by atoms with van der Waals surface area (Å²) in [5.41, 5.74) is 0.802. The Labute approximate surface area is 117 Å². The minimum Gasteiger partial charge on any atom is -0.356 e. The Morgan fingerprint density at radius 3 is 2.83 bits per heavy atom. The molecule has 0 N–H and O–H groups in total. The van der Waals surface area contributed by atoms with Crippen molar-refractivity contribution in [3.8, 4) is 0 Å². The van der Waals surface area contributed by atoms with Gasteiger partial charge in [0.25, 0.3) is 0 Å². The van der Waals surface area contributed by atoms with Gasteiger partial charge in [0, 0.05) is 25.2 Å². The Morgan fingerprint density at radius 2 is 2.28 bits per heavy atom. The number of hydrogen-bond acceptors (Lipinski definition) is 4. The molecule has 7 heteroatoms. The molecule has 0 radical (unpaired) electrons.